The van der Waals surface area contributed by atoms with Crippen molar-refractivity contribution in [2.75, 3.05) is 13.2 Å². The zero-order valence-corrected chi connectivity index (χ0v) is 33.7. The van der Waals surface area contributed by atoms with E-state index >= 15 is 0 Å². The molecule has 0 spiro atoms. The largest absolute Gasteiger partial charge is 0.472 e. The lowest BCUT2D eigenvalue weighted by Crippen LogP contribution is -2.64. The summed E-state index contributed by atoms with van der Waals surface area (Å²) in [6.07, 6.45) is 19.3. The van der Waals surface area contributed by atoms with Crippen LogP contribution in [-0.2, 0) is 32.7 Å². The average molecular weight is 791 g/mol. The fourth-order valence-electron chi connectivity index (χ4n) is 5.81. The Morgan fingerprint density at radius 3 is 1.52 bits per heavy atom. The normalized spacial score (nSPS) is 23.6. The van der Waals surface area contributed by atoms with Crippen LogP contribution in [0.15, 0.2) is 36.5 Å². The van der Waals surface area contributed by atoms with Gasteiger partial charge in [0, 0.05) is 12.8 Å². The van der Waals surface area contributed by atoms with E-state index in [1.54, 1.807) is 0 Å². The van der Waals surface area contributed by atoms with Crippen LogP contribution >= 0.6 is 7.82 Å². The number of phosphoric ester groups is 1. The first-order valence-electron chi connectivity index (χ1n) is 20.3. The van der Waals surface area contributed by atoms with Gasteiger partial charge >= 0.3 is 19.8 Å². The number of rotatable bonds is 32. The third-order valence-electron chi connectivity index (χ3n) is 9.20. The van der Waals surface area contributed by atoms with Crippen molar-refractivity contribution in [3.8, 4) is 0 Å². The standard InChI is InChI=1S/C40H71O13P/c1-3-5-7-9-11-13-15-16-17-19-21-23-25-27-29-34(42)52-32(30-50-33(41)28-26-24-22-20-18-14-12-10-8-6-4-2)31-51-54(48,49)53-40-38(46)36(44)35(43)37(45)39(40)47/h9-12,15-16,32,35-40,43-47H,3-8,13-14,17-31H2,1-2H3,(H,48,49)/b11-9-,12-10-,16-15-. The van der Waals surface area contributed by atoms with E-state index in [2.05, 4.69) is 50.3 Å². The van der Waals surface area contributed by atoms with Gasteiger partial charge in [-0.05, 0) is 57.8 Å². The molecule has 1 fully saturated rings. The minimum Gasteiger partial charge on any atom is -0.462 e. The topological polar surface area (TPSA) is 210 Å². The van der Waals surface area contributed by atoms with Crippen molar-refractivity contribution in [2.24, 2.45) is 0 Å². The molecule has 0 aromatic carbocycles. The second-order valence-corrected chi connectivity index (χ2v) is 15.5. The Balaban J connectivity index is 2.54. The first kappa shape index (κ1) is 50.1. The molecule has 0 saturated heterocycles. The maximum atomic E-state index is 12.7. The van der Waals surface area contributed by atoms with Crippen molar-refractivity contribution in [1.29, 1.82) is 0 Å². The molecule has 0 amide bonds. The second-order valence-electron chi connectivity index (χ2n) is 14.1. The van der Waals surface area contributed by atoms with Gasteiger partial charge in [0.2, 0.25) is 0 Å². The Hall–Kier alpha value is -1.93. The number of hydrogen-bond acceptors (Lipinski definition) is 12. The van der Waals surface area contributed by atoms with E-state index < -0.39 is 75.7 Å². The molecule has 54 heavy (non-hydrogen) atoms. The number of aliphatic hydroxyl groups is 5. The summed E-state index contributed by atoms with van der Waals surface area (Å²) in [4.78, 5) is 35.5. The summed E-state index contributed by atoms with van der Waals surface area (Å²) in [7, 11) is -5.11. The molecule has 0 bridgehead atoms. The lowest BCUT2D eigenvalue weighted by Gasteiger charge is -2.41. The number of carbonyl (C=O) groups excluding carboxylic acids is 2. The van der Waals surface area contributed by atoms with Crippen molar-refractivity contribution in [1.82, 2.24) is 0 Å². The minimum atomic E-state index is -5.11. The van der Waals surface area contributed by atoms with Crippen LogP contribution in [0.1, 0.15) is 149 Å². The van der Waals surface area contributed by atoms with Crippen LogP contribution in [0.3, 0.4) is 0 Å². The zero-order valence-electron chi connectivity index (χ0n) is 32.8. The highest BCUT2D eigenvalue weighted by molar-refractivity contribution is 7.47. The highest BCUT2D eigenvalue weighted by Crippen LogP contribution is 2.47. The van der Waals surface area contributed by atoms with E-state index in [1.165, 1.54) is 25.7 Å². The first-order chi connectivity index (χ1) is 25.9. The summed E-state index contributed by atoms with van der Waals surface area (Å²) in [5.74, 6) is -1.13. The molecular weight excluding hydrogens is 719 g/mol. The lowest BCUT2D eigenvalue weighted by atomic mass is 9.85. The van der Waals surface area contributed by atoms with Crippen molar-refractivity contribution in [3.63, 3.8) is 0 Å². The maximum absolute atomic E-state index is 12.7. The molecule has 1 aliphatic rings. The molecule has 314 valence electrons. The molecule has 1 saturated carbocycles. The molecule has 0 aromatic rings. The SMILES string of the molecule is CCCC/C=C\C/C=C\CCCCCCCC(=O)OC(COC(=O)CCCCCCC/C=C\CCCC)COP(=O)(O)OC1C(O)C(O)C(O)C(O)C1O. The molecule has 0 aromatic heterocycles. The van der Waals surface area contributed by atoms with Gasteiger partial charge in [-0.25, -0.2) is 4.57 Å². The van der Waals surface area contributed by atoms with Gasteiger partial charge in [0.25, 0.3) is 0 Å². The van der Waals surface area contributed by atoms with Gasteiger partial charge in [0.15, 0.2) is 6.10 Å². The number of phosphoric acid groups is 1. The molecule has 0 aliphatic heterocycles. The van der Waals surface area contributed by atoms with Gasteiger partial charge in [0.1, 0.15) is 43.2 Å². The van der Waals surface area contributed by atoms with Crippen molar-refractivity contribution in [3.05, 3.63) is 36.5 Å². The van der Waals surface area contributed by atoms with Gasteiger partial charge < -0.3 is 39.9 Å². The predicted molar refractivity (Wildman–Crippen MR) is 207 cm³/mol. The first-order valence-corrected chi connectivity index (χ1v) is 21.8. The summed E-state index contributed by atoms with van der Waals surface area (Å²) in [6.45, 7) is 3.16. The van der Waals surface area contributed by atoms with E-state index in [4.69, 9.17) is 18.5 Å². The van der Waals surface area contributed by atoms with E-state index in [0.717, 1.165) is 83.5 Å². The summed E-state index contributed by atoms with van der Waals surface area (Å²) in [6, 6.07) is 0. The molecule has 14 heteroatoms. The molecule has 1 rings (SSSR count). The van der Waals surface area contributed by atoms with Crippen LogP contribution in [-0.4, -0.2) is 98.3 Å². The molecule has 1 aliphatic carbocycles. The van der Waals surface area contributed by atoms with Gasteiger partial charge in [0.05, 0.1) is 6.61 Å². The molecule has 6 unspecified atom stereocenters. The average Bonchev–Trinajstić information content (AvgIpc) is 3.15. The van der Waals surface area contributed by atoms with Crippen molar-refractivity contribution >= 4 is 19.8 Å². The number of esters is 2. The minimum absolute atomic E-state index is 0.0785. The molecule has 6 atom stereocenters. The van der Waals surface area contributed by atoms with Crippen LogP contribution < -0.4 is 0 Å². The number of carbonyl (C=O) groups is 2. The Labute approximate surface area is 323 Å². The van der Waals surface area contributed by atoms with Crippen molar-refractivity contribution < 1.29 is 63.1 Å². The smallest absolute Gasteiger partial charge is 0.462 e. The summed E-state index contributed by atoms with van der Waals surface area (Å²) in [5, 5.41) is 49.9. The number of unbranched alkanes of at least 4 members (excludes halogenated alkanes) is 14. The van der Waals surface area contributed by atoms with E-state index in [-0.39, 0.29) is 12.8 Å². The third kappa shape index (κ3) is 23.9. The number of aliphatic hydroxyl groups excluding tert-OH is 5. The lowest BCUT2D eigenvalue weighted by molar-refractivity contribution is -0.220. The fourth-order valence-corrected chi connectivity index (χ4v) is 6.78. The molecule has 0 radical (unpaired) electrons. The quantitative estimate of drug-likeness (QED) is 0.0183. The van der Waals surface area contributed by atoms with E-state index in [1.807, 2.05) is 0 Å². The van der Waals surface area contributed by atoms with Crippen LogP contribution in [0.4, 0.5) is 0 Å². The highest BCUT2D eigenvalue weighted by Gasteiger charge is 2.51. The fraction of sp³-hybridized carbons (Fsp3) is 0.800. The van der Waals surface area contributed by atoms with E-state index in [0.29, 0.717) is 12.8 Å². The van der Waals surface area contributed by atoms with Crippen LogP contribution in [0, 0.1) is 0 Å². The summed E-state index contributed by atoms with van der Waals surface area (Å²) >= 11 is 0. The van der Waals surface area contributed by atoms with Crippen LogP contribution in [0.5, 0.6) is 0 Å². The Bertz CT molecular complexity index is 1100. The van der Waals surface area contributed by atoms with Gasteiger partial charge in [-0.2, -0.15) is 0 Å². The predicted octanol–water partition coefficient (Wildman–Crippen LogP) is 6.66. The highest BCUT2D eigenvalue weighted by atomic mass is 31.2. The van der Waals surface area contributed by atoms with Gasteiger partial charge in [-0.1, -0.05) is 115 Å². The molecule has 6 N–H and O–H groups in total. The molecule has 13 nitrogen and oxygen atoms in total. The number of hydrogen-bond donors (Lipinski definition) is 6. The zero-order chi connectivity index (χ0) is 40.0. The van der Waals surface area contributed by atoms with Crippen LogP contribution in [0.25, 0.3) is 0 Å². The Morgan fingerprint density at radius 1 is 0.574 bits per heavy atom. The van der Waals surface area contributed by atoms with Gasteiger partial charge in [-0.15, -0.1) is 0 Å². The summed E-state index contributed by atoms with van der Waals surface area (Å²) < 4.78 is 33.3. The third-order valence-corrected chi connectivity index (χ3v) is 10.2. The second kappa shape index (κ2) is 31.2. The number of allylic oxidation sites excluding steroid dienone is 6. The van der Waals surface area contributed by atoms with Crippen LogP contribution in [0.2, 0.25) is 0 Å². The Kier molecular flexibility index (Phi) is 28.9. The number of ether oxygens (including phenoxy) is 2. The molecule has 0 heterocycles. The van der Waals surface area contributed by atoms with Crippen molar-refractivity contribution in [2.45, 2.75) is 191 Å². The van der Waals surface area contributed by atoms with E-state index in [9.17, 15) is 44.6 Å². The summed E-state index contributed by atoms with van der Waals surface area (Å²) in [5.41, 5.74) is 0. The molecular formula is C40H71O13P. The Morgan fingerprint density at radius 2 is 1.00 bits per heavy atom. The van der Waals surface area contributed by atoms with Gasteiger partial charge in [-0.3, -0.25) is 18.6 Å². The monoisotopic (exact) mass is 790 g/mol. The maximum Gasteiger partial charge on any atom is 0.472 e.